The molecule has 0 rings (SSSR count). The van der Waals surface area contributed by atoms with E-state index >= 15 is 0 Å². The van der Waals surface area contributed by atoms with E-state index in [1.807, 2.05) is 6.08 Å². The summed E-state index contributed by atoms with van der Waals surface area (Å²) in [5, 5.41) is 0. The summed E-state index contributed by atoms with van der Waals surface area (Å²) < 4.78 is 16.5. The largest absolute Gasteiger partial charge is 0.462 e. The maximum absolute atomic E-state index is 12.6. The molecule has 0 spiro atoms. The molecule has 6 heteroatoms. The number of ether oxygens (including phenoxy) is 3. The Balaban J connectivity index is 4.47. The van der Waals surface area contributed by atoms with E-state index in [1.54, 1.807) is 6.08 Å². The third-order valence-electron chi connectivity index (χ3n) is 8.48. The number of carbonyl (C=O) groups excluding carboxylic acids is 3. The summed E-state index contributed by atoms with van der Waals surface area (Å²) in [6.07, 6.45) is 60.9. The van der Waals surface area contributed by atoms with E-state index in [0.29, 0.717) is 12.8 Å². The molecule has 0 aliphatic rings. The second-order valence-electron chi connectivity index (χ2n) is 13.8. The fourth-order valence-electron chi connectivity index (χ4n) is 5.28. The van der Waals surface area contributed by atoms with Crippen LogP contribution in [0.4, 0.5) is 0 Å². The van der Waals surface area contributed by atoms with Crippen molar-refractivity contribution in [1.82, 2.24) is 0 Å². The van der Waals surface area contributed by atoms with E-state index in [-0.39, 0.29) is 32.0 Å². The molecule has 57 heavy (non-hydrogen) atoms. The van der Waals surface area contributed by atoms with Gasteiger partial charge in [0.25, 0.3) is 0 Å². The molecule has 0 amide bonds. The first-order valence-corrected chi connectivity index (χ1v) is 22.0. The van der Waals surface area contributed by atoms with Crippen molar-refractivity contribution < 1.29 is 28.6 Å². The lowest BCUT2D eigenvalue weighted by molar-refractivity contribution is -0.166. The minimum absolute atomic E-state index is 0.116. The highest BCUT2D eigenvalue weighted by Gasteiger charge is 2.19. The van der Waals surface area contributed by atoms with Crippen LogP contribution in [0.1, 0.15) is 162 Å². The summed E-state index contributed by atoms with van der Waals surface area (Å²) in [6, 6.07) is 0. The van der Waals surface area contributed by atoms with Crippen LogP contribution in [0.5, 0.6) is 0 Å². The minimum atomic E-state index is -0.846. The van der Waals surface area contributed by atoms with Gasteiger partial charge < -0.3 is 14.2 Å². The van der Waals surface area contributed by atoms with Crippen molar-refractivity contribution in [1.29, 1.82) is 0 Å². The molecule has 0 bridgehead atoms. The number of rotatable bonds is 37. The summed E-state index contributed by atoms with van der Waals surface area (Å²) in [7, 11) is 0. The van der Waals surface area contributed by atoms with Gasteiger partial charge in [-0.25, -0.2) is 0 Å². The number of hydrogen-bond acceptors (Lipinski definition) is 6. The van der Waals surface area contributed by atoms with Crippen LogP contribution in [0.15, 0.2) is 122 Å². The van der Waals surface area contributed by atoms with E-state index < -0.39 is 18.0 Å². The molecule has 0 N–H and O–H groups in total. The standard InChI is InChI=1S/C51H78O6/c1-4-7-10-13-16-19-21-22-23-24-25-26-27-28-30-32-35-38-41-44-50(53)56-47-48(46-55-49(52)43-40-37-34-31-18-15-12-9-6-3)57-51(54)45-42-39-36-33-29-20-17-14-11-8-5-2/h7-12,16-20,22-23,25-26,31,33,36-37,40,48H,4-6,13-15,21,24,27-30,32,34-35,38-39,41-47H2,1-3H3/b10-7-,11-8-,12-9-,19-16-,20-17-,23-22-,26-25-,31-18-,36-33-,40-37-. The maximum atomic E-state index is 12.6. The van der Waals surface area contributed by atoms with Crippen molar-refractivity contribution in [2.75, 3.05) is 13.2 Å². The first-order valence-electron chi connectivity index (χ1n) is 22.0. The molecule has 6 nitrogen and oxygen atoms in total. The third kappa shape index (κ3) is 42.8. The summed E-state index contributed by atoms with van der Waals surface area (Å²) in [6.45, 7) is 6.09. The Morgan fingerprint density at radius 2 is 0.719 bits per heavy atom. The number of carbonyl (C=O) groups is 3. The van der Waals surface area contributed by atoms with Gasteiger partial charge in [-0.2, -0.15) is 0 Å². The van der Waals surface area contributed by atoms with E-state index in [4.69, 9.17) is 14.2 Å². The molecular formula is C51H78O6. The van der Waals surface area contributed by atoms with Crippen LogP contribution in [0, 0.1) is 0 Å². The van der Waals surface area contributed by atoms with Gasteiger partial charge >= 0.3 is 17.9 Å². The summed E-state index contributed by atoms with van der Waals surface area (Å²) >= 11 is 0. The van der Waals surface area contributed by atoms with Gasteiger partial charge in [0.1, 0.15) is 13.2 Å². The molecule has 0 saturated carbocycles. The van der Waals surface area contributed by atoms with Gasteiger partial charge in [-0.15, -0.1) is 0 Å². The lowest BCUT2D eigenvalue weighted by Crippen LogP contribution is -2.30. The number of hydrogen-bond donors (Lipinski definition) is 0. The molecule has 0 fully saturated rings. The zero-order valence-electron chi connectivity index (χ0n) is 36.0. The monoisotopic (exact) mass is 787 g/mol. The van der Waals surface area contributed by atoms with Crippen molar-refractivity contribution in [2.45, 2.75) is 168 Å². The van der Waals surface area contributed by atoms with Crippen molar-refractivity contribution in [3.63, 3.8) is 0 Å². The minimum Gasteiger partial charge on any atom is -0.462 e. The van der Waals surface area contributed by atoms with E-state index in [1.165, 1.54) is 12.8 Å². The lowest BCUT2D eigenvalue weighted by atomic mass is 10.1. The van der Waals surface area contributed by atoms with E-state index in [0.717, 1.165) is 103 Å². The topological polar surface area (TPSA) is 78.9 Å². The third-order valence-corrected chi connectivity index (χ3v) is 8.48. The molecule has 0 aromatic heterocycles. The highest BCUT2D eigenvalue weighted by atomic mass is 16.6. The van der Waals surface area contributed by atoms with Gasteiger partial charge in [0, 0.05) is 12.8 Å². The van der Waals surface area contributed by atoms with Crippen molar-refractivity contribution in [3.05, 3.63) is 122 Å². The molecule has 0 aromatic carbocycles. The first-order chi connectivity index (χ1) is 28.0. The highest BCUT2D eigenvalue weighted by molar-refractivity contribution is 5.72. The number of esters is 3. The van der Waals surface area contributed by atoms with Crippen LogP contribution < -0.4 is 0 Å². The highest BCUT2D eigenvalue weighted by Crippen LogP contribution is 2.11. The average molecular weight is 787 g/mol. The van der Waals surface area contributed by atoms with Crippen molar-refractivity contribution in [2.24, 2.45) is 0 Å². The lowest BCUT2D eigenvalue weighted by Gasteiger charge is -2.18. The Hall–Kier alpha value is -4.19. The SMILES string of the molecule is CC/C=C\C/C=C\C/C=C\C/C=C\CCCCCCCCC(=O)OCC(COC(=O)C/C=C\C/C=C\C/C=C\CC)OC(=O)CCC/C=C\C/C=C\C/C=C\CC. The van der Waals surface area contributed by atoms with Crippen LogP contribution in [0.2, 0.25) is 0 Å². The second-order valence-corrected chi connectivity index (χ2v) is 13.8. The molecule has 318 valence electrons. The van der Waals surface area contributed by atoms with E-state index in [9.17, 15) is 14.4 Å². The van der Waals surface area contributed by atoms with Gasteiger partial charge in [-0.3, -0.25) is 14.4 Å². The smallest absolute Gasteiger partial charge is 0.309 e. The van der Waals surface area contributed by atoms with Gasteiger partial charge in [0.05, 0.1) is 6.42 Å². The van der Waals surface area contributed by atoms with Crippen LogP contribution >= 0.6 is 0 Å². The zero-order chi connectivity index (χ0) is 41.5. The van der Waals surface area contributed by atoms with Crippen molar-refractivity contribution >= 4 is 17.9 Å². The number of allylic oxidation sites excluding steroid dienone is 19. The molecule has 0 radical (unpaired) electrons. The van der Waals surface area contributed by atoms with Crippen LogP contribution in [0.25, 0.3) is 0 Å². The van der Waals surface area contributed by atoms with Crippen LogP contribution in [-0.4, -0.2) is 37.2 Å². The van der Waals surface area contributed by atoms with Crippen LogP contribution in [-0.2, 0) is 28.6 Å². The Bertz CT molecular complexity index is 1270. The molecule has 0 heterocycles. The van der Waals surface area contributed by atoms with Gasteiger partial charge in [-0.1, -0.05) is 168 Å². The fourth-order valence-corrected chi connectivity index (χ4v) is 5.28. The Morgan fingerprint density at radius 1 is 0.368 bits per heavy atom. The van der Waals surface area contributed by atoms with Gasteiger partial charge in [-0.05, 0) is 96.3 Å². The molecular weight excluding hydrogens is 709 g/mol. The predicted octanol–water partition coefficient (Wildman–Crippen LogP) is 14.2. The molecule has 0 aliphatic heterocycles. The predicted molar refractivity (Wildman–Crippen MR) is 242 cm³/mol. The normalized spacial score (nSPS) is 13.2. The average Bonchev–Trinajstić information content (AvgIpc) is 3.21. The molecule has 0 aromatic rings. The number of unbranched alkanes of at least 4 members (excludes halogenated alkanes) is 7. The maximum Gasteiger partial charge on any atom is 0.309 e. The Kier molecular flexibility index (Phi) is 41.3. The van der Waals surface area contributed by atoms with Gasteiger partial charge in [0.15, 0.2) is 6.10 Å². The molecule has 1 atom stereocenters. The summed E-state index contributed by atoms with van der Waals surface area (Å²) in [5.74, 6) is -1.15. The Labute approximate surface area is 348 Å². The van der Waals surface area contributed by atoms with Crippen LogP contribution in [0.3, 0.4) is 0 Å². The second kappa shape index (κ2) is 44.5. The molecule has 0 aliphatic carbocycles. The molecule has 0 saturated heterocycles. The summed E-state index contributed by atoms with van der Waals surface area (Å²) in [4.78, 5) is 37.5. The Morgan fingerprint density at radius 3 is 1.19 bits per heavy atom. The molecule has 1 unspecified atom stereocenters. The zero-order valence-corrected chi connectivity index (χ0v) is 36.0. The summed E-state index contributed by atoms with van der Waals surface area (Å²) in [5.41, 5.74) is 0. The van der Waals surface area contributed by atoms with Crippen molar-refractivity contribution in [3.8, 4) is 0 Å². The van der Waals surface area contributed by atoms with Gasteiger partial charge in [0.2, 0.25) is 0 Å². The quantitative estimate of drug-likeness (QED) is 0.0270. The van der Waals surface area contributed by atoms with E-state index in [2.05, 4.69) is 130 Å². The fraction of sp³-hybridized carbons (Fsp3) is 0.549. The first kappa shape index (κ1) is 52.8.